The molecule has 3 rings (SSSR count). The van der Waals surface area contributed by atoms with Crippen molar-refractivity contribution in [2.45, 2.75) is 30.8 Å². The van der Waals surface area contributed by atoms with Gasteiger partial charge in [0.1, 0.15) is 18.7 Å². The highest BCUT2D eigenvalue weighted by molar-refractivity contribution is 7.98. The number of hydrogen-bond acceptors (Lipinski definition) is 6. The fraction of sp³-hybridized carbons (Fsp3) is 0.400. The molecule has 0 fully saturated rings. The molecule has 182 valence electrons. The number of benzene rings is 2. The van der Waals surface area contributed by atoms with Crippen molar-refractivity contribution in [3.63, 3.8) is 0 Å². The number of hydrogen-bond donors (Lipinski definition) is 3. The lowest BCUT2D eigenvalue weighted by Crippen LogP contribution is -2.52. The molecule has 2 atom stereocenters. The van der Waals surface area contributed by atoms with Crippen LogP contribution in [0.1, 0.15) is 29.9 Å². The van der Waals surface area contributed by atoms with Crippen molar-refractivity contribution in [2.75, 3.05) is 32.3 Å². The Morgan fingerprint density at radius 3 is 2.15 bits per heavy atom. The second-order valence-corrected chi connectivity index (χ2v) is 8.97. The molecule has 0 bridgehead atoms. The van der Waals surface area contributed by atoms with Gasteiger partial charge in [-0.1, -0.05) is 48.5 Å². The number of carboxylic acids is 1. The van der Waals surface area contributed by atoms with E-state index in [1.54, 1.807) is 0 Å². The summed E-state index contributed by atoms with van der Waals surface area (Å²) in [6.45, 7) is 0.314. The van der Waals surface area contributed by atoms with Crippen LogP contribution in [0.15, 0.2) is 48.5 Å². The Labute approximate surface area is 203 Å². The Balaban J connectivity index is 1.64. The second kappa shape index (κ2) is 12.4. The number of amides is 2. The Kier molecular flexibility index (Phi) is 9.35. The molecule has 2 amide bonds. The molecule has 0 aromatic heterocycles. The van der Waals surface area contributed by atoms with Gasteiger partial charge >= 0.3 is 12.1 Å². The van der Waals surface area contributed by atoms with Crippen LogP contribution in [-0.2, 0) is 19.1 Å². The van der Waals surface area contributed by atoms with E-state index < -0.39 is 30.1 Å². The topological polar surface area (TPSA) is 114 Å². The van der Waals surface area contributed by atoms with Gasteiger partial charge in [0.2, 0.25) is 5.91 Å². The zero-order valence-corrected chi connectivity index (χ0v) is 20.1. The molecule has 1 aliphatic carbocycles. The Morgan fingerprint density at radius 2 is 1.59 bits per heavy atom. The number of thioether (sulfide) groups is 1. The lowest BCUT2D eigenvalue weighted by atomic mass is 9.98. The van der Waals surface area contributed by atoms with Gasteiger partial charge in [-0.15, -0.1) is 0 Å². The van der Waals surface area contributed by atoms with E-state index in [2.05, 4.69) is 22.8 Å². The molecule has 0 saturated heterocycles. The fourth-order valence-corrected chi connectivity index (χ4v) is 4.52. The first-order valence-corrected chi connectivity index (χ1v) is 12.5. The summed E-state index contributed by atoms with van der Waals surface area (Å²) in [6, 6.07) is 14.0. The maximum absolute atomic E-state index is 12.8. The molecule has 1 aliphatic rings. The summed E-state index contributed by atoms with van der Waals surface area (Å²) < 4.78 is 10.5. The summed E-state index contributed by atoms with van der Waals surface area (Å²) in [4.78, 5) is 36.9. The van der Waals surface area contributed by atoms with E-state index in [0.29, 0.717) is 12.2 Å². The molecule has 9 heteroatoms. The van der Waals surface area contributed by atoms with Crippen LogP contribution < -0.4 is 10.6 Å². The van der Waals surface area contributed by atoms with Crippen LogP contribution in [0.3, 0.4) is 0 Å². The number of ether oxygens (including phenoxy) is 2. The van der Waals surface area contributed by atoms with Gasteiger partial charge in [-0.2, -0.15) is 11.8 Å². The fourth-order valence-electron chi connectivity index (χ4n) is 4.05. The van der Waals surface area contributed by atoms with E-state index in [0.717, 1.165) is 22.3 Å². The Morgan fingerprint density at radius 1 is 0.971 bits per heavy atom. The molecule has 0 aliphatic heterocycles. The largest absolute Gasteiger partial charge is 0.480 e. The molecular formula is C25H30N2O6S. The van der Waals surface area contributed by atoms with Gasteiger partial charge in [0.25, 0.3) is 0 Å². The molecule has 34 heavy (non-hydrogen) atoms. The molecule has 0 heterocycles. The highest BCUT2D eigenvalue weighted by Gasteiger charge is 2.30. The van der Waals surface area contributed by atoms with E-state index in [1.165, 1.54) is 18.9 Å². The van der Waals surface area contributed by atoms with Crippen LogP contribution >= 0.6 is 11.8 Å². The molecule has 0 saturated carbocycles. The van der Waals surface area contributed by atoms with Crippen molar-refractivity contribution in [3.8, 4) is 11.1 Å². The van der Waals surface area contributed by atoms with Crippen LogP contribution in [0.25, 0.3) is 11.1 Å². The number of carbonyl (C=O) groups is 3. The first-order valence-electron chi connectivity index (χ1n) is 11.1. The SMILES string of the molecule is COCCC(NC(=O)[C@@H](CCSC)NC(=O)OCC1c2ccccc2-c2ccccc21)C(=O)O. The minimum Gasteiger partial charge on any atom is -0.480 e. The van der Waals surface area contributed by atoms with Crippen molar-refractivity contribution in [2.24, 2.45) is 0 Å². The number of aliphatic carboxylic acids is 1. The van der Waals surface area contributed by atoms with Gasteiger partial charge in [0, 0.05) is 26.1 Å². The zero-order valence-electron chi connectivity index (χ0n) is 19.3. The average Bonchev–Trinajstić information content (AvgIpc) is 3.16. The lowest BCUT2D eigenvalue weighted by molar-refractivity contribution is -0.142. The van der Waals surface area contributed by atoms with Crippen LogP contribution in [-0.4, -0.2) is 67.5 Å². The van der Waals surface area contributed by atoms with E-state index in [-0.39, 0.29) is 25.6 Å². The maximum atomic E-state index is 12.8. The third-order valence-electron chi connectivity index (χ3n) is 5.79. The molecule has 0 spiro atoms. The summed E-state index contributed by atoms with van der Waals surface area (Å²) in [7, 11) is 1.46. The monoisotopic (exact) mass is 486 g/mol. The second-order valence-electron chi connectivity index (χ2n) is 7.98. The van der Waals surface area contributed by atoms with Crippen molar-refractivity contribution in [3.05, 3.63) is 59.7 Å². The summed E-state index contributed by atoms with van der Waals surface area (Å²) in [6.07, 6.45) is 1.64. The first-order chi connectivity index (χ1) is 16.5. The molecule has 3 N–H and O–H groups in total. The van der Waals surface area contributed by atoms with Crippen LogP contribution in [0, 0.1) is 0 Å². The molecular weight excluding hydrogens is 456 g/mol. The molecule has 0 radical (unpaired) electrons. The van der Waals surface area contributed by atoms with Gasteiger partial charge in [-0.3, -0.25) is 4.79 Å². The summed E-state index contributed by atoms with van der Waals surface area (Å²) >= 11 is 1.52. The van der Waals surface area contributed by atoms with Crippen molar-refractivity contribution in [1.29, 1.82) is 0 Å². The number of rotatable bonds is 12. The van der Waals surface area contributed by atoms with Gasteiger partial charge in [-0.25, -0.2) is 9.59 Å². The maximum Gasteiger partial charge on any atom is 0.407 e. The number of methoxy groups -OCH3 is 1. The van der Waals surface area contributed by atoms with E-state index >= 15 is 0 Å². The standard InChI is InChI=1S/C25H30N2O6S/c1-32-13-11-22(24(29)30)26-23(28)21(12-14-34-2)27-25(31)33-15-20-18-9-5-3-7-16(18)17-8-4-6-10-19(17)20/h3-10,20-22H,11-15H2,1-2H3,(H,26,28)(H,27,31)(H,29,30)/t21-,22?/m1/s1. The number of fused-ring (bicyclic) bond motifs is 3. The van der Waals surface area contributed by atoms with Gasteiger partial charge < -0.3 is 25.2 Å². The van der Waals surface area contributed by atoms with Crippen LogP contribution in [0.5, 0.6) is 0 Å². The highest BCUT2D eigenvalue weighted by Crippen LogP contribution is 2.44. The third kappa shape index (κ3) is 6.30. The third-order valence-corrected chi connectivity index (χ3v) is 6.43. The average molecular weight is 487 g/mol. The normalized spacial score (nSPS) is 13.9. The number of alkyl carbamates (subject to hydrolysis) is 1. The lowest BCUT2D eigenvalue weighted by Gasteiger charge is -2.22. The molecule has 8 nitrogen and oxygen atoms in total. The Bertz CT molecular complexity index is 969. The minimum atomic E-state index is -1.16. The van der Waals surface area contributed by atoms with E-state index in [1.807, 2.05) is 42.7 Å². The van der Waals surface area contributed by atoms with Crippen LogP contribution in [0.4, 0.5) is 4.79 Å². The smallest absolute Gasteiger partial charge is 0.407 e. The number of carboxylic acid groups (broad SMARTS) is 1. The quantitative estimate of drug-likeness (QED) is 0.422. The van der Waals surface area contributed by atoms with Gasteiger partial charge in [0.15, 0.2) is 0 Å². The predicted octanol–water partition coefficient (Wildman–Crippen LogP) is 3.25. The van der Waals surface area contributed by atoms with Crippen molar-refractivity contribution >= 4 is 29.7 Å². The molecule has 1 unspecified atom stereocenters. The first kappa shape index (κ1) is 25.6. The molecule has 2 aromatic rings. The summed E-state index contributed by atoms with van der Waals surface area (Å²) in [5, 5.41) is 14.5. The van der Waals surface area contributed by atoms with Crippen molar-refractivity contribution < 1.29 is 29.0 Å². The zero-order chi connectivity index (χ0) is 24.5. The predicted molar refractivity (Wildman–Crippen MR) is 131 cm³/mol. The summed E-state index contributed by atoms with van der Waals surface area (Å²) in [5.41, 5.74) is 4.44. The van der Waals surface area contributed by atoms with E-state index in [4.69, 9.17) is 9.47 Å². The molecule has 2 aromatic carbocycles. The van der Waals surface area contributed by atoms with Crippen LogP contribution in [0.2, 0.25) is 0 Å². The Hall–Kier alpha value is -3.04. The minimum absolute atomic E-state index is 0.0953. The van der Waals surface area contributed by atoms with Crippen molar-refractivity contribution in [1.82, 2.24) is 10.6 Å². The number of nitrogens with one attached hydrogen (secondary N) is 2. The number of carbonyl (C=O) groups excluding carboxylic acids is 2. The van der Waals surface area contributed by atoms with E-state index in [9.17, 15) is 19.5 Å². The van der Waals surface area contributed by atoms with Gasteiger partial charge in [0.05, 0.1) is 0 Å². The van der Waals surface area contributed by atoms with Gasteiger partial charge in [-0.05, 0) is 40.7 Å². The highest BCUT2D eigenvalue weighted by atomic mass is 32.2. The summed E-state index contributed by atoms with van der Waals surface area (Å²) in [5.74, 6) is -1.21.